The average molecular weight is 262 g/mol. The summed E-state index contributed by atoms with van der Waals surface area (Å²) in [5.74, 6) is 0.0949. The van der Waals surface area contributed by atoms with Crippen LogP contribution in [0.2, 0.25) is 0 Å². The van der Waals surface area contributed by atoms with E-state index in [9.17, 15) is 4.79 Å². The fraction of sp³-hybridized carbons (Fsp3) is 0.562. The van der Waals surface area contributed by atoms with E-state index in [1.54, 1.807) is 0 Å². The van der Waals surface area contributed by atoms with Gasteiger partial charge in [-0.3, -0.25) is 4.79 Å². The van der Waals surface area contributed by atoms with E-state index >= 15 is 0 Å². The van der Waals surface area contributed by atoms with Crippen molar-refractivity contribution in [2.24, 2.45) is 5.41 Å². The summed E-state index contributed by atoms with van der Waals surface area (Å²) >= 11 is 0. The van der Waals surface area contributed by atoms with Crippen LogP contribution in [0, 0.1) is 12.3 Å². The molecule has 1 aromatic rings. The number of carbonyl (C=O) groups excluding carboxylic acids is 1. The summed E-state index contributed by atoms with van der Waals surface area (Å²) < 4.78 is 0. The number of amides is 1. The Bertz CT molecular complexity index is 421. The lowest BCUT2D eigenvalue weighted by Crippen LogP contribution is -2.37. The molecule has 0 spiro atoms. The maximum absolute atomic E-state index is 12.0. The Morgan fingerprint density at radius 1 is 1.26 bits per heavy atom. The molecule has 0 saturated heterocycles. The fourth-order valence-corrected chi connectivity index (χ4v) is 2.14. The number of nitrogens with one attached hydrogen (secondary N) is 2. The van der Waals surface area contributed by atoms with E-state index < -0.39 is 0 Å². The Morgan fingerprint density at radius 3 is 2.42 bits per heavy atom. The first-order valence-corrected chi connectivity index (χ1v) is 6.85. The minimum atomic E-state index is -0.0125. The molecule has 0 heterocycles. The van der Waals surface area contributed by atoms with E-state index in [0.29, 0.717) is 13.0 Å². The van der Waals surface area contributed by atoms with Gasteiger partial charge in [0.1, 0.15) is 0 Å². The monoisotopic (exact) mass is 262 g/mol. The highest BCUT2D eigenvalue weighted by Crippen LogP contribution is 2.34. The zero-order valence-electron chi connectivity index (χ0n) is 12.7. The van der Waals surface area contributed by atoms with Gasteiger partial charge in [0.2, 0.25) is 5.91 Å². The van der Waals surface area contributed by atoms with E-state index in [4.69, 9.17) is 0 Å². The molecular weight excluding hydrogens is 236 g/mol. The first kappa shape index (κ1) is 15.7. The van der Waals surface area contributed by atoms with Crippen LogP contribution in [-0.4, -0.2) is 19.5 Å². The van der Waals surface area contributed by atoms with Gasteiger partial charge >= 0.3 is 0 Å². The van der Waals surface area contributed by atoms with Gasteiger partial charge in [-0.2, -0.15) is 0 Å². The normalized spacial score (nSPS) is 13.1. The third kappa shape index (κ3) is 4.67. The van der Waals surface area contributed by atoms with Crippen molar-refractivity contribution in [2.75, 3.05) is 13.6 Å². The van der Waals surface area contributed by atoms with Crippen LogP contribution >= 0.6 is 0 Å². The topological polar surface area (TPSA) is 41.1 Å². The van der Waals surface area contributed by atoms with Gasteiger partial charge in [-0.1, -0.05) is 45.0 Å². The molecular formula is C16H26N2O. The second-order valence-corrected chi connectivity index (χ2v) is 6.08. The van der Waals surface area contributed by atoms with Gasteiger partial charge in [-0.05, 0) is 30.5 Å². The van der Waals surface area contributed by atoms with E-state index in [1.165, 1.54) is 11.1 Å². The summed E-state index contributed by atoms with van der Waals surface area (Å²) in [4.78, 5) is 12.0. The Morgan fingerprint density at radius 2 is 1.89 bits per heavy atom. The molecule has 2 N–H and O–H groups in total. The lowest BCUT2D eigenvalue weighted by atomic mass is 9.81. The van der Waals surface area contributed by atoms with Gasteiger partial charge in [0, 0.05) is 13.0 Å². The quantitative estimate of drug-likeness (QED) is 0.856. The van der Waals surface area contributed by atoms with E-state index in [-0.39, 0.29) is 17.4 Å². The second kappa shape index (κ2) is 6.71. The molecule has 1 aromatic carbocycles. The average Bonchev–Trinajstić information content (AvgIpc) is 2.33. The number of benzene rings is 1. The van der Waals surface area contributed by atoms with Crippen molar-refractivity contribution in [1.29, 1.82) is 0 Å². The molecule has 0 saturated carbocycles. The third-order valence-electron chi connectivity index (χ3n) is 3.27. The molecule has 19 heavy (non-hydrogen) atoms. The van der Waals surface area contributed by atoms with Gasteiger partial charge in [-0.25, -0.2) is 0 Å². The van der Waals surface area contributed by atoms with Crippen molar-refractivity contribution in [3.8, 4) is 0 Å². The van der Waals surface area contributed by atoms with Gasteiger partial charge in [0.05, 0.1) is 6.04 Å². The lowest BCUT2D eigenvalue weighted by Gasteiger charge is -2.33. The molecule has 0 fully saturated rings. The van der Waals surface area contributed by atoms with Gasteiger partial charge in [0.25, 0.3) is 0 Å². The van der Waals surface area contributed by atoms with Gasteiger partial charge < -0.3 is 10.6 Å². The number of hydrogen-bond donors (Lipinski definition) is 2. The maximum atomic E-state index is 12.0. The Hall–Kier alpha value is -1.35. The molecule has 106 valence electrons. The molecule has 1 unspecified atom stereocenters. The summed E-state index contributed by atoms with van der Waals surface area (Å²) in [5.41, 5.74) is 2.41. The molecule has 0 aliphatic rings. The molecule has 0 aliphatic carbocycles. The number of aryl methyl sites for hydroxylation is 1. The molecule has 3 heteroatoms. The largest absolute Gasteiger partial charge is 0.349 e. The summed E-state index contributed by atoms with van der Waals surface area (Å²) in [6.45, 7) is 9.26. The minimum absolute atomic E-state index is 0.0125. The molecule has 0 bridgehead atoms. The molecule has 0 aromatic heterocycles. The lowest BCUT2D eigenvalue weighted by molar-refractivity contribution is -0.122. The first-order valence-electron chi connectivity index (χ1n) is 6.85. The van der Waals surface area contributed by atoms with E-state index in [0.717, 1.165) is 0 Å². The van der Waals surface area contributed by atoms with E-state index in [1.807, 2.05) is 19.2 Å². The highest BCUT2D eigenvalue weighted by Gasteiger charge is 2.28. The standard InChI is InChI=1S/C16H26N2O/c1-12-8-6-7-9-13(12)15(16(2,3)4)18-14(19)10-11-17-5/h6-9,15,17H,10-11H2,1-5H3,(H,18,19). The Labute approximate surface area is 116 Å². The summed E-state index contributed by atoms with van der Waals surface area (Å²) in [5, 5.41) is 6.17. The van der Waals surface area contributed by atoms with Crippen molar-refractivity contribution in [2.45, 2.75) is 40.2 Å². The predicted molar refractivity (Wildman–Crippen MR) is 80.1 cm³/mol. The highest BCUT2D eigenvalue weighted by atomic mass is 16.1. The summed E-state index contributed by atoms with van der Waals surface area (Å²) in [6, 6.07) is 8.29. The van der Waals surface area contributed by atoms with Crippen LogP contribution in [0.4, 0.5) is 0 Å². The SMILES string of the molecule is CNCCC(=O)NC(c1ccccc1C)C(C)(C)C. The third-order valence-corrected chi connectivity index (χ3v) is 3.27. The molecule has 3 nitrogen and oxygen atoms in total. The molecule has 0 radical (unpaired) electrons. The van der Waals surface area contributed by atoms with Crippen molar-refractivity contribution in [3.05, 3.63) is 35.4 Å². The van der Waals surface area contributed by atoms with Crippen LogP contribution in [0.15, 0.2) is 24.3 Å². The predicted octanol–water partition coefficient (Wildman–Crippen LogP) is 2.81. The second-order valence-electron chi connectivity index (χ2n) is 6.08. The number of carbonyl (C=O) groups is 1. The zero-order chi connectivity index (χ0) is 14.5. The van der Waals surface area contributed by atoms with Crippen molar-refractivity contribution in [3.63, 3.8) is 0 Å². The maximum Gasteiger partial charge on any atom is 0.221 e. The van der Waals surface area contributed by atoms with Crippen LogP contribution in [0.1, 0.15) is 44.4 Å². The molecule has 1 rings (SSSR count). The van der Waals surface area contributed by atoms with Crippen LogP contribution in [0.5, 0.6) is 0 Å². The summed E-state index contributed by atoms with van der Waals surface area (Å²) in [7, 11) is 1.86. The van der Waals surface area contributed by atoms with Crippen molar-refractivity contribution in [1.82, 2.24) is 10.6 Å². The minimum Gasteiger partial charge on any atom is -0.349 e. The highest BCUT2D eigenvalue weighted by molar-refractivity contribution is 5.76. The zero-order valence-corrected chi connectivity index (χ0v) is 12.7. The molecule has 0 aliphatic heterocycles. The smallest absolute Gasteiger partial charge is 0.221 e. The van der Waals surface area contributed by atoms with Gasteiger partial charge in [0.15, 0.2) is 0 Å². The Balaban J connectivity index is 2.91. The molecule has 1 amide bonds. The number of hydrogen-bond acceptors (Lipinski definition) is 2. The van der Waals surface area contributed by atoms with Gasteiger partial charge in [-0.15, -0.1) is 0 Å². The van der Waals surface area contributed by atoms with Crippen molar-refractivity contribution >= 4 is 5.91 Å². The fourth-order valence-electron chi connectivity index (χ4n) is 2.14. The summed E-state index contributed by atoms with van der Waals surface area (Å²) in [6.07, 6.45) is 0.509. The van der Waals surface area contributed by atoms with E-state index in [2.05, 4.69) is 50.5 Å². The van der Waals surface area contributed by atoms with Crippen molar-refractivity contribution < 1.29 is 4.79 Å². The number of rotatable bonds is 5. The van der Waals surface area contributed by atoms with Crippen LogP contribution in [0.25, 0.3) is 0 Å². The Kier molecular flexibility index (Phi) is 5.55. The van der Waals surface area contributed by atoms with Crippen LogP contribution in [0.3, 0.4) is 0 Å². The van der Waals surface area contributed by atoms with Crippen LogP contribution in [-0.2, 0) is 4.79 Å². The van der Waals surface area contributed by atoms with Crippen LogP contribution < -0.4 is 10.6 Å². The first-order chi connectivity index (χ1) is 8.86. The molecule has 1 atom stereocenters.